The highest BCUT2D eigenvalue weighted by molar-refractivity contribution is 5.64. The highest BCUT2D eigenvalue weighted by Gasteiger charge is 2.25. The summed E-state index contributed by atoms with van der Waals surface area (Å²) in [6.45, 7) is 4.64. The third-order valence-electron chi connectivity index (χ3n) is 2.62. The smallest absolute Gasteiger partial charge is 0.153 e. The first-order valence-electron chi connectivity index (χ1n) is 4.40. The van der Waals surface area contributed by atoms with Gasteiger partial charge in [0.05, 0.1) is 6.61 Å². The molecular weight excluding hydrogens is 164 g/mol. The number of ether oxygens (including phenoxy) is 1. The molecule has 13 heavy (non-hydrogen) atoms. The van der Waals surface area contributed by atoms with Crippen molar-refractivity contribution < 1.29 is 9.53 Å². The molecular formula is C11H12O2. The first-order valence-corrected chi connectivity index (χ1v) is 4.40. The second-order valence-corrected chi connectivity index (χ2v) is 3.46. The van der Waals surface area contributed by atoms with E-state index in [0.717, 1.165) is 17.4 Å². The van der Waals surface area contributed by atoms with Crippen LogP contribution >= 0.6 is 0 Å². The van der Waals surface area contributed by atoms with E-state index in [1.54, 1.807) is 0 Å². The summed E-state index contributed by atoms with van der Waals surface area (Å²) in [5.41, 5.74) is 4.63. The van der Waals surface area contributed by atoms with Crippen molar-refractivity contribution in [2.45, 2.75) is 26.6 Å². The minimum atomic E-state index is -0.338. The van der Waals surface area contributed by atoms with Crippen LogP contribution in [0.1, 0.15) is 28.4 Å². The van der Waals surface area contributed by atoms with E-state index in [4.69, 9.17) is 4.74 Å². The standard InChI is InChI=1S/C11H12O2/c1-7-3-4-8(2)11-9(7)6-13-10(11)5-12/h3-5,10H,6H2,1-2H3. The number of hydrogen-bond acceptors (Lipinski definition) is 2. The molecule has 2 heteroatoms. The fourth-order valence-electron chi connectivity index (χ4n) is 1.84. The number of rotatable bonds is 1. The van der Waals surface area contributed by atoms with Crippen LogP contribution in [-0.4, -0.2) is 6.29 Å². The molecule has 1 heterocycles. The molecule has 0 N–H and O–H groups in total. The maximum absolute atomic E-state index is 10.7. The molecule has 0 saturated carbocycles. The van der Waals surface area contributed by atoms with E-state index >= 15 is 0 Å². The van der Waals surface area contributed by atoms with Gasteiger partial charge in [0.1, 0.15) is 6.10 Å². The van der Waals surface area contributed by atoms with Gasteiger partial charge in [0.2, 0.25) is 0 Å². The molecule has 1 aliphatic rings. The van der Waals surface area contributed by atoms with Crippen molar-refractivity contribution in [2.75, 3.05) is 0 Å². The van der Waals surface area contributed by atoms with E-state index in [1.807, 2.05) is 13.0 Å². The van der Waals surface area contributed by atoms with Gasteiger partial charge in [-0.25, -0.2) is 0 Å². The van der Waals surface area contributed by atoms with Crippen molar-refractivity contribution in [2.24, 2.45) is 0 Å². The number of hydrogen-bond donors (Lipinski definition) is 0. The number of carbonyl (C=O) groups excluding carboxylic acids is 1. The van der Waals surface area contributed by atoms with Crippen LogP contribution in [-0.2, 0) is 16.1 Å². The monoisotopic (exact) mass is 176 g/mol. The van der Waals surface area contributed by atoms with Gasteiger partial charge in [-0.3, -0.25) is 0 Å². The molecule has 0 aromatic heterocycles. The van der Waals surface area contributed by atoms with Crippen molar-refractivity contribution in [3.63, 3.8) is 0 Å². The van der Waals surface area contributed by atoms with Gasteiger partial charge in [-0.05, 0) is 36.1 Å². The fourth-order valence-corrected chi connectivity index (χ4v) is 1.84. The molecule has 0 spiro atoms. The summed E-state index contributed by atoms with van der Waals surface area (Å²) in [4.78, 5) is 10.7. The van der Waals surface area contributed by atoms with Gasteiger partial charge in [0.15, 0.2) is 6.29 Å². The van der Waals surface area contributed by atoms with Crippen LogP contribution in [0.25, 0.3) is 0 Å². The third kappa shape index (κ3) is 1.18. The molecule has 0 saturated heterocycles. The van der Waals surface area contributed by atoms with Gasteiger partial charge in [0, 0.05) is 0 Å². The number of benzene rings is 1. The average Bonchev–Trinajstić information content (AvgIpc) is 2.56. The molecule has 1 aliphatic heterocycles. The van der Waals surface area contributed by atoms with E-state index in [0.29, 0.717) is 6.61 Å². The van der Waals surface area contributed by atoms with Gasteiger partial charge < -0.3 is 9.53 Å². The van der Waals surface area contributed by atoms with Gasteiger partial charge in [-0.2, -0.15) is 0 Å². The minimum absolute atomic E-state index is 0.338. The van der Waals surface area contributed by atoms with Crippen molar-refractivity contribution in [3.05, 3.63) is 34.4 Å². The second-order valence-electron chi connectivity index (χ2n) is 3.46. The lowest BCUT2D eigenvalue weighted by Gasteiger charge is -2.07. The number of carbonyl (C=O) groups is 1. The topological polar surface area (TPSA) is 26.3 Å². The normalized spacial score (nSPS) is 20.0. The predicted molar refractivity (Wildman–Crippen MR) is 49.5 cm³/mol. The Kier molecular flexibility index (Phi) is 1.93. The molecule has 1 aromatic rings. The summed E-state index contributed by atoms with van der Waals surface area (Å²) in [6.07, 6.45) is 0.535. The Labute approximate surface area is 77.5 Å². The Morgan fingerprint density at radius 1 is 1.38 bits per heavy atom. The van der Waals surface area contributed by atoms with Crippen LogP contribution in [0, 0.1) is 13.8 Å². The van der Waals surface area contributed by atoms with Crippen molar-refractivity contribution in [1.29, 1.82) is 0 Å². The van der Waals surface area contributed by atoms with E-state index in [9.17, 15) is 4.79 Å². The number of aldehydes is 1. The zero-order valence-electron chi connectivity index (χ0n) is 7.83. The average molecular weight is 176 g/mol. The molecule has 0 aliphatic carbocycles. The molecule has 0 fully saturated rings. The fraction of sp³-hybridized carbons (Fsp3) is 0.364. The van der Waals surface area contributed by atoms with Crippen molar-refractivity contribution in [3.8, 4) is 0 Å². The van der Waals surface area contributed by atoms with E-state index in [2.05, 4.69) is 13.0 Å². The quantitative estimate of drug-likeness (QED) is 0.612. The maximum atomic E-state index is 10.7. The number of fused-ring (bicyclic) bond motifs is 1. The Hall–Kier alpha value is -1.15. The van der Waals surface area contributed by atoms with Gasteiger partial charge >= 0.3 is 0 Å². The lowest BCUT2D eigenvalue weighted by molar-refractivity contribution is -0.117. The highest BCUT2D eigenvalue weighted by Crippen LogP contribution is 2.33. The highest BCUT2D eigenvalue weighted by atomic mass is 16.5. The molecule has 2 nitrogen and oxygen atoms in total. The summed E-state index contributed by atoms with van der Waals surface area (Å²) < 4.78 is 5.37. The maximum Gasteiger partial charge on any atom is 0.153 e. The lowest BCUT2D eigenvalue weighted by atomic mass is 9.96. The minimum Gasteiger partial charge on any atom is -0.361 e. The summed E-state index contributed by atoms with van der Waals surface area (Å²) in [7, 11) is 0. The lowest BCUT2D eigenvalue weighted by Crippen LogP contribution is -1.99. The van der Waals surface area contributed by atoms with Crippen LogP contribution in [0.2, 0.25) is 0 Å². The Bertz CT molecular complexity index is 355. The summed E-state index contributed by atoms with van der Waals surface area (Å²) >= 11 is 0. The molecule has 1 unspecified atom stereocenters. The summed E-state index contributed by atoms with van der Waals surface area (Å²) in [5, 5.41) is 0. The van der Waals surface area contributed by atoms with Crippen molar-refractivity contribution >= 4 is 6.29 Å². The zero-order chi connectivity index (χ0) is 9.42. The van der Waals surface area contributed by atoms with Crippen LogP contribution < -0.4 is 0 Å². The SMILES string of the molecule is Cc1ccc(C)c2c1COC2C=O. The molecule has 0 amide bonds. The van der Waals surface area contributed by atoms with Gasteiger partial charge in [0.25, 0.3) is 0 Å². The second kappa shape index (κ2) is 2.96. The Morgan fingerprint density at radius 3 is 2.77 bits per heavy atom. The Morgan fingerprint density at radius 2 is 2.08 bits per heavy atom. The van der Waals surface area contributed by atoms with E-state index in [-0.39, 0.29) is 6.10 Å². The van der Waals surface area contributed by atoms with Crippen molar-refractivity contribution in [1.82, 2.24) is 0 Å². The zero-order valence-corrected chi connectivity index (χ0v) is 7.83. The van der Waals surface area contributed by atoms with E-state index < -0.39 is 0 Å². The summed E-state index contributed by atoms with van der Waals surface area (Å²) in [5.74, 6) is 0. The molecule has 0 radical (unpaired) electrons. The largest absolute Gasteiger partial charge is 0.361 e. The van der Waals surface area contributed by atoms with Gasteiger partial charge in [-0.1, -0.05) is 12.1 Å². The first kappa shape index (κ1) is 8.45. The van der Waals surface area contributed by atoms with E-state index in [1.165, 1.54) is 11.1 Å². The van der Waals surface area contributed by atoms with Gasteiger partial charge in [-0.15, -0.1) is 0 Å². The first-order chi connectivity index (χ1) is 6.24. The molecule has 2 rings (SSSR count). The predicted octanol–water partition coefficient (Wildman–Crippen LogP) is 2.07. The Balaban J connectivity index is 2.61. The third-order valence-corrected chi connectivity index (χ3v) is 2.62. The number of aryl methyl sites for hydroxylation is 2. The molecule has 1 aromatic carbocycles. The van der Waals surface area contributed by atoms with Crippen LogP contribution in [0.15, 0.2) is 12.1 Å². The van der Waals surface area contributed by atoms with Crippen LogP contribution in [0.5, 0.6) is 0 Å². The van der Waals surface area contributed by atoms with Crippen LogP contribution in [0.3, 0.4) is 0 Å². The molecule has 1 atom stereocenters. The molecule has 68 valence electrons. The van der Waals surface area contributed by atoms with Crippen LogP contribution in [0.4, 0.5) is 0 Å². The summed E-state index contributed by atoms with van der Waals surface area (Å²) in [6, 6.07) is 4.12. The molecule has 0 bridgehead atoms.